The maximum absolute atomic E-state index is 5.99. The maximum Gasteiger partial charge on any atom is 0.0168 e. The van der Waals surface area contributed by atoms with Crippen LogP contribution in [0.5, 0.6) is 0 Å². The predicted molar refractivity (Wildman–Crippen MR) is 59.1 cm³/mol. The summed E-state index contributed by atoms with van der Waals surface area (Å²) in [4.78, 5) is 0. The normalized spacial score (nSPS) is 45.0. The van der Waals surface area contributed by atoms with E-state index in [1.807, 2.05) is 0 Å². The van der Waals surface area contributed by atoms with Gasteiger partial charge in [0.1, 0.15) is 0 Å². The highest BCUT2D eigenvalue weighted by molar-refractivity contribution is 4.86. The second kappa shape index (κ2) is 4.60. The first-order valence-corrected chi connectivity index (χ1v) is 5.95. The Labute approximate surface area is 86.8 Å². The van der Waals surface area contributed by atoms with Gasteiger partial charge >= 0.3 is 0 Å². The molecular weight excluding hydrogens is 174 g/mol. The maximum atomic E-state index is 5.99. The molecule has 2 rings (SSSR count). The monoisotopic (exact) mass is 197 g/mol. The van der Waals surface area contributed by atoms with Gasteiger partial charge in [-0.2, -0.15) is 0 Å². The zero-order chi connectivity index (χ0) is 9.97. The molecule has 0 radical (unpaired) electrons. The standard InChI is InChI=1S/C11H23N3/c1-8-4-9(2-3-14-8)10-5-11(12)7-13-6-10/h8-11,13-14H,2-7,12H2,1H3. The highest BCUT2D eigenvalue weighted by Gasteiger charge is 2.29. The number of hydrogen-bond acceptors (Lipinski definition) is 3. The molecule has 2 saturated heterocycles. The van der Waals surface area contributed by atoms with Crippen molar-refractivity contribution in [2.24, 2.45) is 17.6 Å². The van der Waals surface area contributed by atoms with Gasteiger partial charge in [-0.15, -0.1) is 0 Å². The van der Waals surface area contributed by atoms with Gasteiger partial charge in [0.2, 0.25) is 0 Å². The topological polar surface area (TPSA) is 50.1 Å². The summed E-state index contributed by atoms with van der Waals surface area (Å²) in [6.07, 6.45) is 3.90. The number of piperidine rings is 2. The van der Waals surface area contributed by atoms with Gasteiger partial charge in [0.15, 0.2) is 0 Å². The molecule has 0 aromatic rings. The molecular formula is C11H23N3. The minimum atomic E-state index is 0.388. The van der Waals surface area contributed by atoms with Crippen LogP contribution in [-0.4, -0.2) is 31.7 Å². The van der Waals surface area contributed by atoms with E-state index in [2.05, 4.69) is 17.6 Å². The summed E-state index contributed by atoms with van der Waals surface area (Å²) in [7, 11) is 0. The van der Waals surface area contributed by atoms with Gasteiger partial charge in [0.05, 0.1) is 0 Å². The molecule has 2 aliphatic rings. The van der Waals surface area contributed by atoms with Crippen molar-refractivity contribution in [3.63, 3.8) is 0 Å². The first kappa shape index (κ1) is 10.4. The van der Waals surface area contributed by atoms with Gasteiger partial charge in [-0.05, 0) is 51.1 Å². The van der Waals surface area contributed by atoms with Crippen LogP contribution < -0.4 is 16.4 Å². The van der Waals surface area contributed by atoms with Crippen LogP contribution in [0.3, 0.4) is 0 Å². The lowest BCUT2D eigenvalue weighted by atomic mass is 9.78. The third-order valence-electron chi connectivity index (χ3n) is 3.75. The fourth-order valence-electron chi connectivity index (χ4n) is 2.97. The van der Waals surface area contributed by atoms with Gasteiger partial charge < -0.3 is 16.4 Å². The molecule has 82 valence electrons. The molecule has 2 heterocycles. The average molecular weight is 197 g/mol. The Balaban J connectivity index is 1.86. The van der Waals surface area contributed by atoms with Gasteiger partial charge in [-0.3, -0.25) is 0 Å². The smallest absolute Gasteiger partial charge is 0.0168 e. The average Bonchev–Trinajstić information content (AvgIpc) is 2.18. The number of rotatable bonds is 1. The van der Waals surface area contributed by atoms with Crippen molar-refractivity contribution >= 4 is 0 Å². The first-order chi connectivity index (χ1) is 6.75. The molecule has 2 fully saturated rings. The summed E-state index contributed by atoms with van der Waals surface area (Å²) in [5.74, 6) is 1.72. The molecule has 14 heavy (non-hydrogen) atoms. The van der Waals surface area contributed by atoms with Crippen LogP contribution in [0.4, 0.5) is 0 Å². The summed E-state index contributed by atoms with van der Waals surface area (Å²) in [5, 5.41) is 6.96. The summed E-state index contributed by atoms with van der Waals surface area (Å²) in [5.41, 5.74) is 5.99. The molecule has 3 nitrogen and oxygen atoms in total. The van der Waals surface area contributed by atoms with Gasteiger partial charge in [-0.1, -0.05) is 0 Å². The number of nitrogens with one attached hydrogen (secondary N) is 2. The lowest BCUT2D eigenvalue weighted by molar-refractivity contribution is 0.183. The molecule has 0 aromatic carbocycles. The molecule has 0 bridgehead atoms. The van der Waals surface area contributed by atoms with Crippen LogP contribution in [0.15, 0.2) is 0 Å². The van der Waals surface area contributed by atoms with E-state index in [4.69, 9.17) is 5.73 Å². The van der Waals surface area contributed by atoms with Crippen LogP contribution in [0.1, 0.15) is 26.2 Å². The van der Waals surface area contributed by atoms with E-state index in [9.17, 15) is 0 Å². The van der Waals surface area contributed by atoms with E-state index >= 15 is 0 Å². The van der Waals surface area contributed by atoms with Crippen molar-refractivity contribution in [1.29, 1.82) is 0 Å². The fourth-order valence-corrected chi connectivity index (χ4v) is 2.97. The van der Waals surface area contributed by atoms with Crippen molar-refractivity contribution in [3.8, 4) is 0 Å². The van der Waals surface area contributed by atoms with E-state index < -0.39 is 0 Å². The van der Waals surface area contributed by atoms with Crippen LogP contribution >= 0.6 is 0 Å². The fraction of sp³-hybridized carbons (Fsp3) is 1.00. The second-order valence-corrected chi connectivity index (χ2v) is 5.05. The van der Waals surface area contributed by atoms with Crippen LogP contribution in [0.2, 0.25) is 0 Å². The third kappa shape index (κ3) is 2.47. The van der Waals surface area contributed by atoms with Crippen molar-refractivity contribution in [1.82, 2.24) is 10.6 Å². The molecule has 0 amide bonds. The second-order valence-electron chi connectivity index (χ2n) is 5.05. The largest absolute Gasteiger partial charge is 0.327 e. The Morgan fingerprint density at radius 3 is 2.71 bits per heavy atom. The summed E-state index contributed by atoms with van der Waals surface area (Å²) < 4.78 is 0. The van der Waals surface area contributed by atoms with E-state index in [0.717, 1.165) is 18.4 Å². The molecule has 0 saturated carbocycles. The Morgan fingerprint density at radius 1 is 1.14 bits per heavy atom. The molecule has 4 atom stereocenters. The zero-order valence-electron chi connectivity index (χ0n) is 9.13. The lowest BCUT2D eigenvalue weighted by Crippen LogP contribution is -2.48. The molecule has 4 N–H and O–H groups in total. The molecule has 4 unspecified atom stereocenters. The summed E-state index contributed by atoms with van der Waals surface area (Å²) in [6, 6.07) is 1.09. The van der Waals surface area contributed by atoms with Gasteiger partial charge in [0, 0.05) is 18.6 Å². The minimum Gasteiger partial charge on any atom is -0.327 e. The summed E-state index contributed by atoms with van der Waals surface area (Å²) >= 11 is 0. The van der Waals surface area contributed by atoms with Crippen molar-refractivity contribution in [3.05, 3.63) is 0 Å². The Kier molecular flexibility index (Phi) is 3.42. The molecule has 3 heteroatoms. The van der Waals surface area contributed by atoms with Gasteiger partial charge in [-0.25, -0.2) is 0 Å². The van der Waals surface area contributed by atoms with Gasteiger partial charge in [0.25, 0.3) is 0 Å². The van der Waals surface area contributed by atoms with E-state index in [-0.39, 0.29) is 0 Å². The molecule has 0 aromatic heterocycles. The highest BCUT2D eigenvalue weighted by Crippen LogP contribution is 2.28. The molecule has 0 spiro atoms. The van der Waals surface area contributed by atoms with E-state index in [0.29, 0.717) is 12.1 Å². The quantitative estimate of drug-likeness (QED) is 0.567. The van der Waals surface area contributed by atoms with E-state index in [1.165, 1.54) is 32.4 Å². The Bertz CT molecular complexity index is 163. The SMILES string of the molecule is CC1CC(C2CNCC(N)C2)CCN1. The van der Waals surface area contributed by atoms with Crippen molar-refractivity contribution in [2.75, 3.05) is 19.6 Å². The lowest BCUT2D eigenvalue weighted by Gasteiger charge is -2.38. The highest BCUT2D eigenvalue weighted by atomic mass is 14.9. The summed E-state index contributed by atoms with van der Waals surface area (Å²) in [6.45, 7) is 5.68. The van der Waals surface area contributed by atoms with Crippen molar-refractivity contribution in [2.45, 2.75) is 38.3 Å². The molecule has 0 aliphatic carbocycles. The first-order valence-electron chi connectivity index (χ1n) is 5.95. The minimum absolute atomic E-state index is 0.388. The number of nitrogens with two attached hydrogens (primary N) is 1. The molecule has 2 aliphatic heterocycles. The number of hydrogen-bond donors (Lipinski definition) is 3. The van der Waals surface area contributed by atoms with Crippen LogP contribution in [0.25, 0.3) is 0 Å². The zero-order valence-corrected chi connectivity index (χ0v) is 9.13. The van der Waals surface area contributed by atoms with E-state index in [1.54, 1.807) is 0 Å². The van der Waals surface area contributed by atoms with Crippen LogP contribution in [0, 0.1) is 11.8 Å². The predicted octanol–water partition coefficient (Wildman–Crippen LogP) is 0.311. The Morgan fingerprint density at radius 2 is 2.00 bits per heavy atom. The van der Waals surface area contributed by atoms with Crippen LogP contribution in [-0.2, 0) is 0 Å². The third-order valence-corrected chi connectivity index (χ3v) is 3.75. The Hall–Kier alpha value is -0.120. The van der Waals surface area contributed by atoms with Crippen molar-refractivity contribution < 1.29 is 0 Å².